The molecule has 0 aliphatic heterocycles. The molecule has 60 valence electrons. The molecule has 0 atom stereocenters. The highest BCUT2D eigenvalue weighted by atomic mass is 16.5. The van der Waals surface area contributed by atoms with Crippen molar-refractivity contribution >= 4 is 5.82 Å². The first kappa shape index (κ1) is 7.78. The molecule has 1 aromatic rings. The normalized spacial score (nSPS) is 9.36. The summed E-state index contributed by atoms with van der Waals surface area (Å²) in [6, 6.07) is 2.25. The summed E-state index contributed by atoms with van der Waals surface area (Å²) >= 11 is 0. The molecule has 1 N–H and O–H groups in total. The fourth-order valence-electron chi connectivity index (χ4n) is 0.761. The Morgan fingerprint density at radius 3 is 2.73 bits per heavy atom. The largest absolute Gasteiger partial charge is 0.467 e. The summed E-state index contributed by atoms with van der Waals surface area (Å²) < 4.78 is 4.88. The van der Waals surface area contributed by atoms with Gasteiger partial charge in [0.2, 0.25) is 0 Å². The van der Waals surface area contributed by atoms with Crippen molar-refractivity contribution in [1.82, 2.24) is 9.97 Å². The van der Waals surface area contributed by atoms with Gasteiger partial charge in [-0.05, 0) is 6.92 Å². The highest BCUT2D eigenvalue weighted by Gasteiger charge is 1.98. The molecule has 4 nitrogen and oxygen atoms in total. The van der Waals surface area contributed by atoms with Gasteiger partial charge >= 0.3 is 6.01 Å². The lowest BCUT2D eigenvalue weighted by Gasteiger charge is -2.02. The molecule has 0 radical (unpaired) electrons. The first-order valence-electron chi connectivity index (χ1n) is 3.33. The van der Waals surface area contributed by atoms with E-state index in [0.29, 0.717) is 6.01 Å². The maximum atomic E-state index is 4.88. The third-order valence-corrected chi connectivity index (χ3v) is 1.27. The highest BCUT2D eigenvalue weighted by molar-refractivity contribution is 5.35. The Kier molecular flexibility index (Phi) is 2.25. The molecular weight excluding hydrogens is 142 g/mol. The SMILES string of the molecule is CNc1cc(C)nc(OC)n1. The number of ether oxygens (including phenoxy) is 1. The minimum Gasteiger partial charge on any atom is -0.467 e. The molecular formula is C7H11N3O. The molecule has 0 spiro atoms. The van der Waals surface area contributed by atoms with Crippen LogP contribution < -0.4 is 10.1 Å². The molecule has 0 fully saturated rings. The van der Waals surface area contributed by atoms with Crippen molar-refractivity contribution in [2.24, 2.45) is 0 Å². The van der Waals surface area contributed by atoms with Gasteiger partial charge in [-0.1, -0.05) is 0 Å². The zero-order valence-corrected chi connectivity index (χ0v) is 6.88. The summed E-state index contributed by atoms with van der Waals surface area (Å²) in [5.41, 5.74) is 0.890. The molecule has 11 heavy (non-hydrogen) atoms. The van der Waals surface area contributed by atoms with Gasteiger partial charge in [-0.2, -0.15) is 4.98 Å². The zero-order chi connectivity index (χ0) is 8.27. The summed E-state index contributed by atoms with van der Waals surface area (Å²) in [7, 11) is 3.36. The number of anilines is 1. The summed E-state index contributed by atoms with van der Waals surface area (Å²) in [6.07, 6.45) is 0. The van der Waals surface area contributed by atoms with Crippen LogP contribution >= 0.6 is 0 Å². The van der Waals surface area contributed by atoms with Crippen molar-refractivity contribution in [2.75, 3.05) is 19.5 Å². The molecule has 0 aliphatic carbocycles. The first-order chi connectivity index (χ1) is 5.26. The summed E-state index contributed by atoms with van der Waals surface area (Å²) in [6.45, 7) is 1.89. The van der Waals surface area contributed by atoms with E-state index in [1.807, 2.05) is 13.0 Å². The van der Waals surface area contributed by atoms with Gasteiger partial charge in [0.15, 0.2) is 0 Å². The lowest BCUT2D eigenvalue weighted by atomic mass is 10.4. The Bertz CT molecular complexity index is 227. The van der Waals surface area contributed by atoms with E-state index >= 15 is 0 Å². The second-order valence-electron chi connectivity index (χ2n) is 2.13. The van der Waals surface area contributed by atoms with Crippen molar-refractivity contribution in [3.05, 3.63) is 11.8 Å². The standard InChI is InChI=1S/C7H11N3O/c1-5-4-6(8-2)10-7(9-5)11-3/h4H,1-3H3,(H,8,9,10). The van der Waals surface area contributed by atoms with Gasteiger partial charge in [0.05, 0.1) is 7.11 Å². The second-order valence-corrected chi connectivity index (χ2v) is 2.13. The van der Waals surface area contributed by atoms with Crippen LogP contribution in [0, 0.1) is 6.92 Å². The van der Waals surface area contributed by atoms with Crippen LogP contribution in [0.1, 0.15) is 5.69 Å². The van der Waals surface area contributed by atoms with Gasteiger partial charge in [-0.3, -0.25) is 0 Å². The van der Waals surface area contributed by atoms with Crippen molar-refractivity contribution in [3.8, 4) is 6.01 Å². The molecule has 0 aromatic carbocycles. The van der Waals surface area contributed by atoms with E-state index in [2.05, 4.69) is 15.3 Å². The fourth-order valence-corrected chi connectivity index (χ4v) is 0.761. The number of aromatic nitrogens is 2. The van der Waals surface area contributed by atoms with Crippen molar-refractivity contribution < 1.29 is 4.74 Å². The monoisotopic (exact) mass is 153 g/mol. The van der Waals surface area contributed by atoms with Crippen LogP contribution in [-0.4, -0.2) is 24.1 Å². The maximum absolute atomic E-state index is 4.88. The van der Waals surface area contributed by atoms with Crippen LogP contribution in [0.25, 0.3) is 0 Å². The number of nitrogens with one attached hydrogen (secondary N) is 1. The molecule has 0 saturated heterocycles. The van der Waals surface area contributed by atoms with Crippen LogP contribution in [0.2, 0.25) is 0 Å². The highest BCUT2D eigenvalue weighted by Crippen LogP contribution is 2.09. The lowest BCUT2D eigenvalue weighted by Crippen LogP contribution is -1.98. The number of methoxy groups -OCH3 is 1. The smallest absolute Gasteiger partial charge is 0.318 e. The average molecular weight is 153 g/mol. The quantitative estimate of drug-likeness (QED) is 0.683. The molecule has 1 aromatic heterocycles. The third-order valence-electron chi connectivity index (χ3n) is 1.27. The summed E-state index contributed by atoms with van der Waals surface area (Å²) in [5, 5.41) is 2.91. The Labute approximate surface area is 65.6 Å². The predicted molar refractivity (Wildman–Crippen MR) is 42.9 cm³/mol. The van der Waals surface area contributed by atoms with Gasteiger partial charge in [0.1, 0.15) is 5.82 Å². The Morgan fingerprint density at radius 1 is 1.45 bits per heavy atom. The molecule has 1 heterocycles. The van der Waals surface area contributed by atoms with Crippen molar-refractivity contribution in [1.29, 1.82) is 0 Å². The second kappa shape index (κ2) is 3.18. The van der Waals surface area contributed by atoms with E-state index < -0.39 is 0 Å². The molecule has 4 heteroatoms. The topological polar surface area (TPSA) is 47.0 Å². The van der Waals surface area contributed by atoms with E-state index in [1.165, 1.54) is 0 Å². The van der Waals surface area contributed by atoms with Crippen LogP contribution in [0.3, 0.4) is 0 Å². The van der Waals surface area contributed by atoms with Crippen LogP contribution in [0.15, 0.2) is 6.07 Å². The maximum Gasteiger partial charge on any atom is 0.318 e. The van der Waals surface area contributed by atoms with Gasteiger partial charge in [0, 0.05) is 18.8 Å². The lowest BCUT2D eigenvalue weighted by molar-refractivity contribution is 0.379. The van der Waals surface area contributed by atoms with Gasteiger partial charge in [-0.15, -0.1) is 0 Å². The third kappa shape index (κ3) is 1.80. The van der Waals surface area contributed by atoms with Gasteiger partial charge in [-0.25, -0.2) is 4.98 Å². The molecule has 0 aliphatic rings. The molecule has 0 saturated carbocycles. The Hall–Kier alpha value is -1.32. The van der Waals surface area contributed by atoms with Crippen molar-refractivity contribution in [2.45, 2.75) is 6.92 Å². The molecule has 0 bridgehead atoms. The van der Waals surface area contributed by atoms with Crippen LogP contribution in [0.5, 0.6) is 6.01 Å². The van der Waals surface area contributed by atoms with E-state index in [-0.39, 0.29) is 0 Å². The van der Waals surface area contributed by atoms with E-state index in [4.69, 9.17) is 4.74 Å². The van der Waals surface area contributed by atoms with Gasteiger partial charge in [0.25, 0.3) is 0 Å². The Balaban J connectivity index is 3.02. The number of hydrogen-bond donors (Lipinski definition) is 1. The van der Waals surface area contributed by atoms with Crippen LogP contribution in [-0.2, 0) is 0 Å². The van der Waals surface area contributed by atoms with E-state index in [0.717, 1.165) is 11.5 Å². The molecule has 1 rings (SSSR count). The number of hydrogen-bond acceptors (Lipinski definition) is 4. The zero-order valence-electron chi connectivity index (χ0n) is 6.88. The number of rotatable bonds is 2. The van der Waals surface area contributed by atoms with Crippen molar-refractivity contribution in [3.63, 3.8) is 0 Å². The molecule has 0 amide bonds. The first-order valence-corrected chi connectivity index (χ1v) is 3.33. The summed E-state index contributed by atoms with van der Waals surface area (Å²) in [4.78, 5) is 8.05. The van der Waals surface area contributed by atoms with Gasteiger partial charge < -0.3 is 10.1 Å². The van der Waals surface area contributed by atoms with Crippen LogP contribution in [0.4, 0.5) is 5.82 Å². The number of aryl methyl sites for hydroxylation is 1. The molecule has 0 unspecified atom stereocenters. The Morgan fingerprint density at radius 2 is 2.18 bits per heavy atom. The van der Waals surface area contributed by atoms with E-state index in [1.54, 1.807) is 14.2 Å². The summed E-state index contributed by atoms with van der Waals surface area (Å²) in [5.74, 6) is 0.773. The van der Waals surface area contributed by atoms with E-state index in [9.17, 15) is 0 Å². The number of nitrogens with zero attached hydrogens (tertiary/aromatic N) is 2. The minimum absolute atomic E-state index is 0.398. The fraction of sp³-hybridized carbons (Fsp3) is 0.429. The predicted octanol–water partition coefficient (Wildman–Crippen LogP) is 0.835. The minimum atomic E-state index is 0.398. The average Bonchev–Trinajstić information content (AvgIpc) is 2.03.